The maximum atomic E-state index is 15.2. The molecule has 6 nitrogen and oxygen atoms in total. The number of aryl methyl sites for hydroxylation is 2. The first kappa shape index (κ1) is 21.1. The van der Waals surface area contributed by atoms with Crippen LogP contribution in [-0.2, 0) is 0 Å². The van der Waals surface area contributed by atoms with Gasteiger partial charge in [0, 0.05) is 28.4 Å². The number of carbonyl (C=O) groups is 1. The van der Waals surface area contributed by atoms with E-state index in [0.29, 0.717) is 22.9 Å². The van der Waals surface area contributed by atoms with Crippen molar-refractivity contribution in [1.29, 1.82) is 0 Å². The molecule has 1 aliphatic rings. The minimum absolute atomic E-state index is 0.0345. The molecule has 1 amide bonds. The van der Waals surface area contributed by atoms with E-state index in [0.717, 1.165) is 40.0 Å². The van der Waals surface area contributed by atoms with E-state index in [1.165, 1.54) is 17.4 Å². The number of amides is 1. The van der Waals surface area contributed by atoms with Crippen molar-refractivity contribution in [3.05, 3.63) is 57.8 Å². The van der Waals surface area contributed by atoms with Gasteiger partial charge in [-0.05, 0) is 62.4 Å². The van der Waals surface area contributed by atoms with Gasteiger partial charge in [-0.25, -0.2) is 9.37 Å². The fourth-order valence-electron chi connectivity index (χ4n) is 4.15. The number of anilines is 1. The predicted molar refractivity (Wildman–Crippen MR) is 127 cm³/mol. The molecule has 1 fully saturated rings. The zero-order chi connectivity index (χ0) is 22.2. The molecule has 4 heterocycles. The molecule has 9 heteroatoms. The maximum Gasteiger partial charge on any atom is 0.262 e. The number of rotatable bonds is 4. The Kier molecular flexibility index (Phi) is 5.71. The van der Waals surface area contributed by atoms with Crippen molar-refractivity contribution < 1.29 is 9.18 Å². The van der Waals surface area contributed by atoms with Crippen LogP contribution < -0.4 is 10.2 Å². The van der Waals surface area contributed by atoms with E-state index in [-0.39, 0.29) is 17.5 Å². The summed E-state index contributed by atoms with van der Waals surface area (Å²) in [6.45, 7) is 5.44. The molecular weight excluding hydrogens is 445 g/mol. The van der Waals surface area contributed by atoms with E-state index in [1.807, 2.05) is 19.9 Å². The van der Waals surface area contributed by atoms with Crippen LogP contribution in [0.15, 0.2) is 35.8 Å². The number of nitrogens with zero attached hydrogens (tertiary/aromatic N) is 4. The summed E-state index contributed by atoms with van der Waals surface area (Å²) >= 11 is 3.02. The molecule has 0 aliphatic carbocycles. The minimum atomic E-state index is -0.566. The third kappa shape index (κ3) is 3.80. The van der Waals surface area contributed by atoms with Gasteiger partial charge in [-0.3, -0.25) is 9.69 Å². The molecule has 1 saturated heterocycles. The van der Waals surface area contributed by atoms with Crippen LogP contribution in [-0.4, -0.2) is 40.2 Å². The smallest absolute Gasteiger partial charge is 0.262 e. The van der Waals surface area contributed by atoms with Crippen LogP contribution in [0.1, 0.15) is 33.8 Å². The Morgan fingerprint density at radius 3 is 2.84 bits per heavy atom. The maximum absolute atomic E-state index is 15.2. The van der Waals surface area contributed by atoms with Crippen LogP contribution in [0.2, 0.25) is 0 Å². The number of benzene rings is 1. The Morgan fingerprint density at radius 1 is 1.25 bits per heavy atom. The molecule has 4 aromatic rings. The lowest BCUT2D eigenvalue weighted by molar-refractivity contribution is 0.0968. The number of hydrogen-bond acceptors (Lipinski definition) is 7. The van der Waals surface area contributed by atoms with Crippen molar-refractivity contribution in [1.82, 2.24) is 20.5 Å². The van der Waals surface area contributed by atoms with E-state index in [2.05, 4.69) is 25.9 Å². The summed E-state index contributed by atoms with van der Waals surface area (Å²) < 4.78 is 16.3. The Morgan fingerprint density at radius 2 is 2.12 bits per heavy atom. The second-order valence-electron chi connectivity index (χ2n) is 7.92. The van der Waals surface area contributed by atoms with Crippen molar-refractivity contribution in [3.8, 4) is 10.6 Å². The van der Waals surface area contributed by atoms with Crippen LogP contribution in [0.4, 0.5) is 10.2 Å². The Balaban J connectivity index is 1.59. The molecule has 164 valence electrons. The van der Waals surface area contributed by atoms with Crippen LogP contribution in [0, 0.1) is 19.7 Å². The fourth-order valence-corrected chi connectivity index (χ4v) is 5.77. The molecule has 0 unspecified atom stereocenters. The van der Waals surface area contributed by atoms with E-state index in [9.17, 15) is 4.79 Å². The monoisotopic (exact) mass is 467 g/mol. The Bertz CT molecular complexity index is 1290. The van der Waals surface area contributed by atoms with Crippen LogP contribution in [0.25, 0.3) is 20.7 Å². The normalized spacial score (nSPS) is 16.4. The highest BCUT2D eigenvalue weighted by Crippen LogP contribution is 2.35. The predicted octanol–water partition coefficient (Wildman–Crippen LogP) is 4.97. The number of halogens is 1. The molecular formula is C23H22FN5OS2. The summed E-state index contributed by atoms with van der Waals surface area (Å²) in [6, 6.07) is 6.51. The SMILES string of the molecule is Cc1nnc(-c2ccc(C(=O)N(c3nccc4scc(C)c34)[C@@H]3CCCNC3)c(F)c2)s1. The zero-order valence-corrected chi connectivity index (χ0v) is 19.4. The van der Waals surface area contributed by atoms with E-state index in [1.54, 1.807) is 34.6 Å². The molecule has 1 aromatic carbocycles. The lowest BCUT2D eigenvalue weighted by Crippen LogP contribution is -2.49. The Hall–Kier alpha value is -2.75. The van der Waals surface area contributed by atoms with Crippen LogP contribution in [0.5, 0.6) is 0 Å². The number of piperidine rings is 1. The van der Waals surface area contributed by atoms with Crippen LogP contribution >= 0.6 is 22.7 Å². The van der Waals surface area contributed by atoms with E-state index < -0.39 is 5.82 Å². The van der Waals surface area contributed by atoms with Gasteiger partial charge in [0.2, 0.25) is 0 Å². The highest BCUT2D eigenvalue weighted by molar-refractivity contribution is 7.17. The molecule has 32 heavy (non-hydrogen) atoms. The molecule has 3 aromatic heterocycles. The first-order valence-electron chi connectivity index (χ1n) is 10.5. The number of hydrogen-bond donors (Lipinski definition) is 1. The second-order valence-corrected chi connectivity index (χ2v) is 10.0. The minimum Gasteiger partial charge on any atom is -0.315 e. The summed E-state index contributed by atoms with van der Waals surface area (Å²) in [5, 5.41) is 15.9. The largest absolute Gasteiger partial charge is 0.315 e. The Labute approximate surface area is 193 Å². The lowest BCUT2D eigenvalue weighted by Gasteiger charge is -2.34. The molecule has 0 spiro atoms. The van der Waals surface area contributed by atoms with Crippen molar-refractivity contribution in [2.75, 3.05) is 18.0 Å². The van der Waals surface area contributed by atoms with E-state index >= 15 is 4.39 Å². The highest BCUT2D eigenvalue weighted by Gasteiger charge is 2.32. The lowest BCUT2D eigenvalue weighted by atomic mass is 10.0. The van der Waals surface area contributed by atoms with Gasteiger partial charge in [0.1, 0.15) is 21.7 Å². The van der Waals surface area contributed by atoms with Crippen molar-refractivity contribution in [2.45, 2.75) is 32.7 Å². The van der Waals surface area contributed by atoms with Gasteiger partial charge in [-0.15, -0.1) is 21.5 Å². The summed E-state index contributed by atoms with van der Waals surface area (Å²) in [5.74, 6) is -0.340. The third-order valence-corrected chi connectivity index (χ3v) is 7.66. The number of carbonyl (C=O) groups excluding carboxylic acids is 1. The van der Waals surface area contributed by atoms with Crippen molar-refractivity contribution in [2.24, 2.45) is 0 Å². The summed E-state index contributed by atoms with van der Waals surface area (Å²) in [4.78, 5) is 20.1. The van der Waals surface area contributed by atoms with Crippen molar-refractivity contribution in [3.63, 3.8) is 0 Å². The topological polar surface area (TPSA) is 71.0 Å². The molecule has 1 aliphatic heterocycles. The number of thiophene rings is 1. The molecule has 1 N–H and O–H groups in total. The average Bonchev–Trinajstić information content (AvgIpc) is 3.41. The number of nitrogens with one attached hydrogen (secondary N) is 1. The molecule has 0 bridgehead atoms. The van der Waals surface area contributed by atoms with Crippen LogP contribution in [0.3, 0.4) is 0 Å². The number of fused-ring (bicyclic) bond motifs is 1. The van der Waals surface area contributed by atoms with Gasteiger partial charge in [0.15, 0.2) is 0 Å². The summed E-state index contributed by atoms with van der Waals surface area (Å²) in [6.07, 6.45) is 3.51. The number of aromatic nitrogens is 3. The van der Waals surface area contributed by atoms with Gasteiger partial charge in [0.25, 0.3) is 5.91 Å². The fraction of sp³-hybridized carbons (Fsp3) is 0.304. The first-order chi connectivity index (χ1) is 15.5. The first-order valence-corrected chi connectivity index (χ1v) is 12.2. The van der Waals surface area contributed by atoms with Crippen molar-refractivity contribution >= 4 is 44.5 Å². The highest BCUT2D eigenvalue weighted by atomic mass is 32.1. The molecule has 5 rings (SSSR count). The van der Waals surface area contributed by atoms with Gasteiger partial charge in [0.05, 0.1) is 11.6 Å². The molecule has 0 saturated carbocycles. The quantitative estimate of drug-likeness (QED) is 0.459. The van der Waals surface area contributed by atoms with Gasteiger partial charge in [-0.2, -0.15) is 0 Å². The molecule has 0 radical (unpaired) electrons. The third-order valence-electron chi connectivity index (χ3n) is 5.71. The molecule has 1 atom stereocenters. The summed E-state index contributed by atoms with van der Waals surface area (Å²) in [7, 11) is 0. The van der Waals surface area contributed by atoms with Gasteiger partial charge in [-0.1, -0.05) is 17.4 Å². The average molecular weight is 468 g/mol. The van der Waals surface area contributed by atoms with E-state index in [4.69, 9.17) is 0 Å². The van der Waals surface area contributed by atoms with Gasteiger partial charge < -0.3 is 5.32 Å². The summed E-state index contributed by atoms with van der Waals surface area (Å²) in [5.41, 5.74) is 1.72. The zero-order valence-electron chi connectivity index (χ0n) is 17.8. The second kappa shape index (κ2) is 8.65. The number of pyridine rings is 1. The van der Waals surface area contributed by atoms with Gasteiger partial charge >= 0.3 is 0 Å². The standard InChI is InChI=1S/C23H22FN5OS2/c1-13-12-31-19-7-9-26-21(20(13)19)29(16-4-3-8-25-11-16)23(30)17-6-5-15(10-18(17)24)22-28-27-14(2)32-22/h5-7,9-10,12,16,25H,3-4,8,11H2,1-2H3/t16-/m1/s1.